The van der Waals surface area contributed by atoms with Crippen LogP contribution in [0.3, 0.4) is 0 Å². The van der Waals surface area contributed by atoms with Gasteiger partial charge in [0.1, 0.15) is 24.7 Å². The molecule has 1 aliphatic carbocycles. The topological polar surface area (TPSA) is 66.4 Å². The van der Waals surface area contributed by atoms with Crippen molar-refractivity contribution in [2.24, 2.45) is 5.16 Å². The summed E-state index contributed by atoms with van der Waals surface area (Å²) in [4.78, 5) is 19.2. The van der Waals surface area contributed by atoms with Crippen LogP contribution in [0.15, 0.2) is 114 Å². The third-order valence-corrected chi connectivity index (χ3v) is 7.24. The first-order valence-electron chi connectivity index (χ1n) is 13.5. The lowest BCUT2D eigenvalue weighted by molar-refractivity contribution is -0.140. The van der Waals surface area contributed by atoms with E-state index >= 15 is 0 Å². The number of benzene rings is 4. The summed E-state index contributed by atoms with van der Waals surface area (Å²) in [5, 5.41) is 4.30. The minimum Gasteiger partial charge on any atom is -0.497 e. The third kappa shape index (κ3) is 6.52. The molecule has 0 bridgehead atoms. The number of nitrogens with zero attached hydrogens (tertiary/aromatic N) is 1. The van der Waals surface area contributed by atoms with E-state index in [9.17, 15) is 4.79 Å². The van der Waals surface area contributed by atoms with E-state index in [0.717, 1.165) is 53.7 Å². The van der Waals surface area contributed by atoms with E-state index in [2.05, 4.69) is 5.16 Å². The van der Waals surface area contributed by atoms with Crippen LogP contribution in [0.1, 0.15) is 47.9 Å². The summed E-state index contributed by atoms with van der Waals surface area (Å²) in [5.74, 6) is 1.35. The third-order valence-electron chi connectivity index (χ3n) is 7.24. The van der Waals surface area contributed by atoms with E-state index in [0.29, 0.717) is 24.9 Å². The smallest absolute Gasteiger partial charge is 0.321 e. The maximum absolute atomic E-state index is 13.5. The molecule has 1 aliphatic rings. The Bertz CT molecular complexity index is 1390. The molecule has 0 aliphatic heterocycles. The number of ether oxygens (including phenoxy) is 3. The predicted octanol–water partition coefficient (Wildman–Crippen LogP) is 7.21. The van der Waals surface area contributed by atoms with Crippen LogP contribution in [-0.2, 0) is 33.0 Å². The highest BCUT2D eigenvalue weighted by Gasteiger charge is 2.44. The first-order valence-corrected chi connectivity index (χ1v) is 13.5. The zero-order chi connectivity index (χ0) is 27.6. The highest BCUT2D eigenvalue weighted by atomic mass is 16.6. The van der Waals surface area contributed by atoms with E-state index in [1.54, 1.807) is 19.2 Å². The Morgan fingerprint density at radius 1 is 0.725 bits per heavy atom. The highest BCUT2D eigenvalue weighted by molar-refractivity contribution is 5.94. The van der Waals surface area contributed by atoms with E-state index < -0.39 is 5.41 Å². The Balaban J connectivity index is 1.31. The molecular formula is C34H33NO5. The Morgan fingerprint density at radius 3 is 1.90 bits per heavy atom. The molecule has 0 N–H and O–H groups in total. The molecular weight excluding hydrogens is 502 g/mol. The summed E-state index contributed by atoms with van der Waals surface area (Å²) < 4.78 is 17.3. The van der Waals surface area contributed by atoms with Crippen molar-refractivity contribution < 1.29 is 23.8 Å². The molecule has 0 saturated heterocycles. The molecule has 0 unspecified atom stereocenters. The molecule has 0 radical (unpaired) electrons. The molecule has 5 rings (SSSR count). The molecule has 4 aromatic carbocycles. The molecule has 1 saturated carbocycles. The quantitative estimate of drug-likeness (QED) is 0.0706. The van der Waals surface area contributed by atoms with Crippen molar-refractivity contribution in [2.75, 3.05) is 7.11 Å². The number of carbonyl (C=O) groups is 1. The number of rotatable bonds is 10. The largest absolute Gasteiger partial charge is 0.497 e. The summed E-state index contributed by atoms with van der Waals surface area (Å²) in [7, 11) is 1.64. The number of oxime groups is 1. The molecule has 0 heterocycles. The standard InChI is InChI=1S/C34H33NO5/c1-37-30-20-16-29(17-21-30)34(22-8-9-23-34)33(36)40-31-18-14-28(15-19-31)32(38-24-26-10-4-2-5-11-26)35-39-25-27-12-6-3-7-13-27/h2-7,10-21H,8-9,22-25H2,1H3. The zero-order valence-corrected chi connectivity index (χ0v) is 22.6. The van der Waals surface area contributed by atoms with Crippen molar-refractivity contribution in [3.05, 3.63) is 131 Å². The van der Waals surface area contributed by atoms with Crippen LogP contribution in [0, 0.1) is 0 Å². The van der Waals surface area contributed by atoms with Crippen LogP contribution in [0.2, 0.25) is 0 Å². The van der Waals surface area contributed by atoms with Gasteiger partial charge in [-0.25, -0.2) is 0 Å². The van der Waals surface area contributed by atoms with Gasteiger partial charge in [0.25, 0.3) is 5.90 Å². The first-order chi connectivity index (χ1) is 19.7. The minimum atomic E-state index is -0.651. The average molecular weight is 536 g/mol. The average Bonchev–Trinajstić information content (AvgIpc) is 3.52. The summed E-state index contributed by atoms with van der Waals surface area (Å²) in [6.07, 6.45) is 3.50. The van der Waals surface area contributed by atoms with Crippen LogP contribution in [0.5, 0.6) is 11.5 Å². The molecule has 6 nitrogen and oxygen atoms in total. The monoisotopic (exact) mass is 535 g/mol. The number of hydrogen-bond acceptors (Lipinski definition) is 6. The van der Waals surface area contributed by atoms with Crippen molar-refractivity contribution in [3.63, 3.8) is 0 Å². The summed E-state index contributed by atoms with van der Waals surface area (Å²) in [6.45, 7) is 0.664. The van der Waals surface area contributed by atoms with Gasteiger partial charge in [0.05, 0.1) is 12.5 Å². The Hall–Kier alpha value is -4.58. The lowest BCUT2D eigenvalue weighted by Crippen LogP contribution is -2.36. The van der Waals surface area contributed by atoms with Gasteiger partial charge in [-0.05, 0) is 71.1 Å². The van der Waals surface area contributed by atoms with Gasteiger partial charge in [-0.2, -0.15) is 0 Å². The van der Waals surface area contributed by atoms with Gasteiger partial charge in [0, 0.05) is 5.56 Å². The number of esters is 1. The molecule has 0 atom stereocenters. The molecule has 0 aromatic heterocycles. The van der Waals surface area contributed by atoms with Gasteiger partial charge in [0.2, 0.25) is 0 Å². The summed E-state index contributed by atoms with van der Waals surface area (Å²) in [6, 6.07) is 34.6. The van der Waals surface area contributed by atoms with Gasteiger partial charge in [0.15, 0.2) is 0 Å². The van der Waals surface area contributed by atoms with Crippen molar-refractivity contribution in [1.29, 1.82) is 0 Å². The van der Waals surface area contributed by atoms with Gasteiger partial charge >= 0.3 is 5.97 Å². The van der Waals surface area contributed by atoms with E-state index in [1.807, 2.05) is 97.1 Å². The van der Waals surface area contributed by atoms with Gasteiger partial charge < -0.3 is 19.0 Å². The fourth-order valence-electron chi connectivity index (χ4n) is 5.00. The van der Waals surface area contributed by atoms with Crippen LogP contribution >= 0.6 is 0 Å². The minimum absolute atomic E-state index is 0.233. The van der Waals surface area contributed by atoms with Gasteiger partial charge in [-0.1, -0.05) is 85.6 Å². The second-order valence-corrected chi connectivity index (χ2v) is 9.86. The summed E-state index contributed by atoms with van der Waals surface area (Å²) in [5.41, 5.74) is 3.06. The van der Waals surface area contributed by atoms with Gasteiger partial charge in [-0.15, -0.1) is 0 Å². The van der Waals surface area contributed by atoms with Crippen molar-refractivity contribution in [2.45, 2.75) is 44.3 Å². The Kier molecular flexibility index (Phi) is 8.76. The number of methoxy groups -OCH3 is 1. The fourth-order valence-corrected chi connectivity index (χ4v) is 5.00. The van der Waals surface area contributed by atoms with Gasteiger partial charge in [-0.3, -0.25) is 4.79 Å². The van der Waals surface area contributed by atoms with E-state index in [1.165, 1.54) is 0 Å². The van der Waals surface area contributed by atoms with E-state index in [4.69, 9.17) is 19.0 Å². The summed E-state index contributed by atoms with van der Waals surface area (Å²) >= 11 is 0. The molecule has 40 heavy (non-hydrogen) atoms. The van der Waals surface area contributed by atoms with Crippen molar-refractivity contribution in [1.82, 2.24) is 0 Å². The number of carbonyl (C=O) groups excluding carboxylic acids is 1. The van der Waals surface area contributed by atoms with Crippen molar-refractivity contribution >= 4 is 11.9 Å². The Labute approximate surface area is 235 Å². The van der Waals surface area contributed by atoms with Crippen LogP contribution < -0.4 is 9.47 Å². The maximum Gasteiger partial charge on any atom is 0.321 e. The lowest BCUT2D eigenvalue weighted by atomic mass is 9.79. The predicted molar refractivity (Wildman–Crippen MR) is 154 cm³/mol. The fraction of sp³-hybridized carbons (Fsp3) is 0.235. The molecule has 0 spiro atoms. The molecule has 4 aromatic rings. The highest BCUT2D eigenvalue weighted by Crippen LogP contribution is 2.42. The van der Waals surface area contributed by atoms with Crippen LogP contribution in [-0.4, -0.2) is 19.0 Å². The Morgan fingerprint density at radius 2 is 1.30 bits per heavy atom. The zero-order valence-electron chi connectivity index (χ0n) is 22.6. The molecule has 6 heteroatoms. The molecule has 1 fully saturated rings. The lowest BCUT2D eigenvalue weighted by Gasteiger charge is -2.27. The van der Waals surface area contributed by atoms with Crippen LogP contribution in [0.4, 0.5) is 0 Å². The van der Waals surface area contributed by atoms with E-state index in [-0.39, 0.29) is 5.97 Å². The SMILES string of the molecule is COc1ccc(C2(C(=O)Oc3ccc(C(=NOCc4ccccc4)OCc4ccccc4)cc3)CCCC2)cc1. The van der Waals surface area contributed by atoms with Crippen molar-refractivity contribution in [3.8, 4) is 11.5 Å². The second-order valence-electron chi connectivity index (χ2n) is 9.86. The normalized spacial score (nSPS) is 14.4. The molecule has 0 amide bonds. The second kappa shape index (κ2) is 13.0. The number of hydrogen-bond donors (Lipinski definition) is 0. The maximum atomic E-state index is 13.5. The van der Waals surface area contributed by atoms with Crippen LogP contribution in [0.25, 0.3) is 0 Å². The first kappa shape index (κ1) is 27.0. The molecule has 204 valence electrons.